The van der Waals surface area contributed by atoms with E-state index >= 15 is 0 Å². The third kappa shape index (κ3) is 11.4. The smallest absolute Gasteiger partial charge is 0.333 e. The molecule has 0 spiro atoms. The molecule has 26 heavy (non-hydrogen) atoms. The molecule has 0 bridgehead atoms. The van der Waals surface area contributed by atoms with Crippen LogP contribution in [0.4, 0.5) is 0 Å². The van der Waals surface area contributed by atoms with Crippen LogP contribution < -0.4 is 5.73 Å². The Balaban J connectivity index is 0. The van der Waals surface area contributed by atoms with E-state index in [1.165, 1.54) is 18.2 Å². The van der Waals surface area contributed by atoms with Crippen LogP contribution in [0.15, 0.2) is 35.9 Å². The first-order valence-corrected chi connectivity index (χ1v) is 8.62. The number of carbonyl (C=O) groups excluding carboxylic acids is 2. The van der Waals surface area contributed by atoms with Crippen LogP contribution in [0.5, 0.6) is 0 Å². The first-order valence-electron chi connectivity index (χ1n) is 8.62. The lowest BCUT2D eigenvalue weighted by Gasteiger charge is -2.09. The maximum Gasteiger partial charge on any atom is 0.333 e. The van der Waals surface area contributed by atoms with Crippen LogP contribution in [0.1, 0.15) is 45.2 Å². The average molecular weight is 367 g/mol. The molecule has 5 nitrogen and oxygen atoms in total. The maximum absolute atomic E-state index is 11.4. The monoisotopic (exact) mass is 366 g/mol. The number of benzene rings is 1. The molecule has 0 fully saturated rings. The van der Waals surface area contributed by atoms with E-state index in [4.69, 9.17) is 4.74 Å². The second kappa shape index (κ2) is 15.1. The molecule has 0 radical (unpaired) electrons. The molecule has 0 heterocycles. The van der Waals surface area contributed by atoms with Gasteiger partial charge in [0.25, 0.3) is 0 Å². The Hall–Kier alpha value is -2.14. The molecule has 0 amide bonds. The van der Waals surface area contributed by atoms with E-state index in [-0.39, 0.29) is 25.3 Å². The van der Waals surface area contributed by atoms with Crippen LogP contribution in [0.3, 0.4) is 0 Å². The lowest BCUT2D eigenvalue weighted by atomic mass is 10.0. The van der Waals surface area contributed by atoms with Crippen LogP contribution in [-0.2, 0) is 19.1 Å². The van der Waals surface area contributed by atoms with Gasteiger partial charge in [-0.1, -0.05) is 62.7 Å². The van der Waals surface area contributed by atoms with Gasteiger partial charge in [-0.3, -0.25) is 4.79 Å². The highest BCUT2D eigenvalue weighted by Crippen LogP contribution is 2.11. The molecule has 1 unspecified atom stereocenters. The van der Waals surface area contributed by atoms with Gasteiger partial charge in [0.2, 0.25) is 0 Å². The normalized spacial score (nSPS) is 11.4. The van der Waals surface area contributed by atoms with Crippen LogP contribution >= 0.6 is 0 Å². The van der Waals surface area contributed by atoms with Crippen molar-refractivity contribution in [3.63, 3.8) is 0 Å². The van der Waals surface area contributed by atoms with Gasteiger partial charge >= 0.3 is 11.9 Å². The zero-order valence-corrected chi connectivity index (χ0v) is 16.1. The van der Waals surface area contributed by atoms with Crippen LogP contribution in [0.2, 0.25) is 0 Å². The molecule has 0 aliphatic carbocycles. The molecule has 1 aromatic rings. The van der Waals surface area contributed by atoms with E-state index in [1.54, 1.807) is 13.0 Å². The van der Waals surface area contributed by atoms with E-state index in [2.05, 4.69) is 48.6 Å². The zero-order valence-electron chi connectivity index (χ0n) is 16.1. The van der Waals surface area contributed by atoms with Crippen LogP contribution in [-0.4, -0.2) is 32.2 Å². The van der Waals surface area contributed by atoms with E-state index in [0.717, 1.165) is 0 Å². The molecule has 5 heteroatoms. The van der Waals surface area contributed by atoms with Crippen LogP contribution in [0.25, 0.3) is 0 Å². The Kier molecular flexibility index (Phi) is 15.2. The average Bonchev–Trinajstić information content (AvgIpc) is 2.62. The van der Waals surface area contributed by atoms with E-state index in [9.17, 15) is 9.59 Å². The number of rotatable bonds is 7. The molecule has 0 saturated carbocycles. The minimum Gasteiger partial charge on any atom is -0.466 e. The number of quaternary nitrogens is 1. The first kappa shape index (κ1) is 26.1. The summed E-state index contributed by atoms with van der Waals surface area (Å²) in [5.74, 6) is -0.858. The fraction of sp³-hybridized carbons (Fsp3) is 0.524. The fourth-order valence-corrected chi connectivity index (χ4v) is 1.87. The summed E-state index contributed by atoms with van der Waals surface area (Å²) in [6.07, 6.45) is 2.81. The van der Waals surface area contributed by atoms with Gasteiger partial charge in [-0.15, -0.1) is 0 Å². The molecule has 148 valence electrons. The minimum absolute atomic E-state index is 0. The van der Waals surface area contributed by atoms with E-state index in [0.29, 0.717) is 31.6 Å². The topological polar surface area (TPSA) is 80.2 Å². The van der Waals surface area contributed by atoms with E-state index < -0.39 is 0 Å². The third-order valence-corrected chi connectivity index (χ3v) is 3.56. The predicted octanol–water partition coefficient (Wildman–Crippen LogP) is 3.25. The van der Waals surface area contributed by atoms with Gasteiger partial charge in [0.1, 0.15) is 13.2 Å². The number of ether oxygens (including phenoxy) is 2. The standard InChI is InChI=1S/C12H21NO4.C8H10.CH4/c1-4-10(12(15)16-3)6-5-9(2)11(14)17-8-7-13;1-7-3-5-8(2)6-4-7;/h6,9H,4-5,7-8,13H2,1-3H3;3-6H,1-2H3;1H4/p+1/b10-6-;;. The van der Waals surface area contributed by atoms with Crippen LogP contribution in [0, 0.1) is 19.8 Å². The van der Waals surface area contributed by atoms with Crippen molar-refractivity contribution in [2.75, 3.05) is 20.3 Å². The third-order valence-electron chi connectivity index (χ3n) is 3.56. The maximum atomic E-state index is 11.4. The summed E-state index contributed by atoms with van der Waals surface area (Å²) in [6.45, 7) is 8.74. The van der Waals surface area contributed by atoms with Crippen molar-refractivity contribution >= 4 is 11.9 Å². The molecule has 1 aromatic carbocycles. The summed E-state index contributed by atoms with van der Waals surface area (Å²) >= 11 is 0. The summed E-state index contributed by atoms with van der Waals surface area (Å²) in [5.41, 5.74) is 6.83. The Labute approximate surface area is 158 Å². The lowest BCUT2D eigenvalue weighted by molar-refractivity contribution is -0.372. The zero-order chi connectivity index (χ0) is 19.2. The molecule has 0 saturated heterocycles. The summed E-state index contributed by atoms with van der Waals surface area (Å²) in [4.78, 5) is 22.7. The van der Waals surface area contributed by atoms with Gasteiger partial charge in [-0.25, -0.2) is 4.79 Å². The molecule has 0 aliphatic rings. The SMILES string of the molecule is C.CC/C(=C/CC(C)C(=O)OCC[NH3+])C(=O)OC.Cc1ccc(C)cc1. The fourth-order valence-electron chi connectivity index (χ4n) is 1.87. The van der Waals surface area contributed by atoms with Gasteiger partial charge < -0.3 is 15.2 Å². The number of hydrogen-bond acceptors (Lipinski definition) is 4. The summed E-state index contributed by atoms with van der Waals surface area (Å²) in [7, 11) is 1.35. The van der Waals surface area contributed by atoms with Crippen molar-refractivity contribution in [3.05, 3.63) is 47.0 Å². The molecular weight excluding hydrogens is 330 g/mol. The highest BCUT2D eigenvalue weighted by Gasteiger charge is 2.14. The number of carbonyl (C=O) groups is 2. The van der Waals surface area contributed by atoms with Gasteiger partial charge in [-0.05, 0) is 26.7 Å². The molecular formula is C21H36NO4+. The van der Waals surface area contributed by atoms with Crippen molar-refractivity contribution in [2.45, 2.75) is 48.0 Å². The predicted molar refractivity (Wildman–Crippen MR) is 106 cm³/mol. The summed E-state index contributed by atoms with van der Waals surface area (Å²) in [5, 5.41) is 0. The highest BCUT2D eigenvalue weighted by molar-refractivity contribution is 5.88. The second-order valence-corrected chi connectivity index (χ2v) is 5.89. The number of methoxy groups -OCH3 is 1. The van der Waals surface area contributed by atoms with Gasteiger partial charge in [0.15, 0.2) is 0 Å². The first-order chi connectivity index (χ1) is 11.8. The Morgan fingerprint density at radius 1 is 1.15 bits per heavy atom. The number of allylic oxidation sites excluding steroid dienone is 1. The van der Waals surface area contributed by atoms with Crippen molar-refractivity contribution < 1.29 is 24.8 Å². The van der Waals surface area contributed by atoms with Gasteiger partial charge in [0, 0.05) is 5.57 Å². The van der Waals surface area contributed by atoms with Crippen molar-refractivity contribution in [1.29, 1.82) is 0 Å². The van der Waals surface area contributed by atoms with Crippen molar-refractivity contribution in [1.82, 2.24) is 0 Å². The van der Waals surface area contributed by atoms with Gasteiger partial charge in [-0.2, -0.15) is 0 Å². The number of aryl methyl sites for hydroxylation is 2. The van der Waals surface area contributed by atoms with E-state index in [1.807, 2.05) is 6.92 Å². The minimum atomic E-state index is -0.342. The summed E-state index contributed by atoms with van der Waals surface area (Å²) < 4.78 is 9.59. The lowest BCUT2D eigenvalue weighted by Crippen LogP contribution is -2.52. The molecule has 1 rings (SSSR count). The highest BCUT2D eigenvalue weighted by atomic mass is 16.5. The van der Waals surface area contributed by atoms with Crippen molar-refractivity contribution in [2.24, 2.45) is 5.92 Å². The number of hydrogen-bond donors (Lipinski definition) is 1. The molecule has 0 aliphatic heterocycles. The van der Waals surface area contributed by atoms with Crippen molar-refractivity contribution in [3.8, 4) is 0 Å². The van der Waals surface area contributed by atoms with Gasteiger partial charge in [0.05, 0.1) is 13.0 Å². The Morgan fingerprint density at radius 3 is 2.04 bits per heavy atom. The Bertz CT molecular complexity index is 529. The number of esters is 2. The second-order valence-electron chi connectivity index (χ2n) is 5.89. The molecule has 1 atom stereocenters. The summed E-state index contributed by atoms with van der Waals surface area (Å²) in [6, 6.07) is 8.48. The quantitative estimate of drug-likeness (QED) is 0.593. The molecule has 3 N–H and O–H groups in total. The Morgan fingerprint density at radius 2 is 1.65 bits per heavy atom. The molecule has 0 aromatic heterocycles. The largest absolute Gasteiger partial charge is 0.466 e.